The average Bonchev–Trinajstić information content (AvgIpc) is 2.46. The molecule has 2 atom stereocenters. The highest BCUT2D eigenvalue weighted by Crippen LogP contribution is 2.01. The highest BCUT2D eigenvalue weighted by Gasteiger charge is 2.07. The Balaban J connectivity index is 0.000000396. The quantitative estimate of drug-likeness (QED) is 0.519. The molecule has 0 aliphatic carbocycles. The first-order valence-corrected chi connectivity index (χ1v) is 6.30. The molecule has 6 nitrogen and oxygen atoms in total. The van der Waals surface area contributed by atoms with Crippen LogP contribution in [0.15, 0.2) is 30.3 Å². The number of rotatable bonds is 6. The van der Waals surface area contributed by atoms with Crippen LogP contribution in [0.2, 0.25) is 0 Å². The van der Waals surface area contributed by atoms with Gasteiger partial charge in [0.2, 0.25) is 0 Å². The molecule has 1 aromatic carbocycles. The lowest BCUT2D eigenvalue weighted by molar-refractivity contribution is -0.151. The van der Waals surface area contributed by atoms with E-state index in [2.05, 4.69) is 4.74 Å². The standard InChI is InChI=1S/C9H12O3.C5H10O3/c10-6-9(11)12-7-8-4-2-1-3-5-8;1-3-8-5(7)4(2)6/h1-5,9-11H,6-7H2;4,6H,3H2,1-2H3. The first-order chi connectivity index (χ1) is 9.51. The van der Waals surface area contributed by atoms with Crippen molar-refractivity contribution in [2.75, 3.05) is 13.2 Å². The Morgan fingerprint density at radius 1 is 1.25 bits per heavy atom. The highest BCUT2D eigenvalue weighted by atomic mass is 16.6. The first kappa shape index (κ1) is 18.5. The number of hydrogen-bond donors (Lipinski definition) is 3. The van der Waals surface area contributed by atoms with E-state index in [9.17, 15) is 4.79 Å². The maximum atomic E-state index is 10.3. The molecule has 0 heterocycles. The first-order valence-electron chi connectivity index (χ1n) is 6.30. The molecule has 0 aromatic heterocycles. The molecule has 1 rings (SSSR count). The Bertz CT molecular complexity index is 352. The van der Waals surface area contributed by atoms with Crippen molar-refractivity contribution < 1.29 is 29.6 Å². The van der Waals surface area contributed by atoms with Crippen LogP contribution in [-0.4, -0.2) is 46.9 Å². The van der Waals surface area contributed by atoms with Gasteiger partial charge in [-0.2, -0.15) is 0 Å². The summed E-state index contributed by atoms with van der Waals surface area (Å²) in [5.41, 5.74) is 0.977. The van der Waals surface area contributed by atoms with Gasteiger partial charge in [-0.3, -0.25) is 0 Å². The molecule has 0 aliphatic heterocycles. The summed E-state index contributed by atoms with van der Waals surface area (Å²) in [5, 5.41) is 25.8. The van der Waals surface area contributed by atoms with Gasteiger partial charge in [0.15, 0.2) is 6.29 Å². The molecule has 1 aromatic rings. The van der Waals surface area contributed by atoms with E-state index in [4.69, 9.17) is 20.1 Å². The third-order valence-electron chi connectivity index (χ3n) is 2.07. The van der Waals surface area contributed by atoms with Crippen LogP contribution in [0.25, 0.3) is 0 Å². The zero-order chi connectivity index (χ0) is 15.4. The van der Waals surface area contributed by atoms with Gasteiger partial charge in [0, 0.05) is 0 Å². The van der Waals surface area contributed by atoms with Gasteiger partial charge < -0.3 is 24.8 Å². The molecule has 0 saturated heterocycles. The second-order valence-electron chi connectivity index (χ2n) is 3.86. The second kappa shape index (κ2) is 11.4. The van der Waals surface area contributed by atoms with E-state index in [1.165, 1.54) is 6.92 Å². The fourth-order valence-corrected chi connectivity index (χ4v) is 1.08. The second-order valence-corrected chi connectivity index (χ2v) is 3.86. The molecule has 3 N–H and O–H groups in total. The molecule has 20 heavy (non-hydrogen) atoms. The Kier molecular flexibility index (Phi) is 10.5. The monoisotopic (exact) mass is 286 g/mol. The van der Waals surface area contributed by atoms with Crippen molar-refractivity contribution in [1.29, 1.82) is 0 Å². The topological polar surface area (TPSA) is 96.2 Å². The van der Waals surface area contributed by atoms with E-state index in [0.717, 1.165) is 5.56 Å². The van der Waals surface area contributed by atoms with Crippen molar-refractivity contribution in [3.05, 3.63) is 35.9 Å². The van der Waals surface area contributed by atoms with Crippen LogP contribution in [0.4, 0.5) is 0 Å². The molecule has 6 heteroatoms. The van der Waals surface area contributed by atoms with Gasteiger partial charge in [0.1, 0.15) is 6.10 Å². The number of carbonyl (C=O) groups is 1. The summed E-state index contributed by atoms with van der Waals surface area (Å²) in [4.78, 5) is 10.3. The van der Waals surface area contributed by atoms with Crippen LogP contribution in [0.1, 0.15) is 19.4 Å². The van der Waals surface area contributed by atoms with Gasteiger partial charge in [-0.1, -0.05) is 30.3 Å². The number of esters is 1. The van der Waals surface area contributed by atoms with E-state index in [1.54, 1.807) is 6.92 Å². The number of ether oxygens (including phenoxy) is 2. The number of benzene rings is 1. The van der Waals surface area contributed by atoms with E-state index < -0.39 is 18.4 Å². The molecule has 0 radical (unpaired) electrons. The molecule has 2 unspecified atom stereocenters. The summed E-state index contributed by atoms with van der Waals surface area (Å²) in [6.07, 6.45) is -2.07. The number of aliphatic hydroxyl groups is 3. The Hall–Kier alpha value is -1.47. The van der Waals surface area contributed by atoms with E-state index >= 15 is 0 Å². The van der Waals surface area contributed by atoms with Crippen LogP contribution in [0.5, 0.6) is 0 Å². The minimum atomic E-state index is -1.08. The molecular weight excluding hydrogens is 264 g/mol. The number of carbonyl (C=O) groups excluding carboxylic acids is 1. The molecule has 0 aliphatic rings. The summed E-state index contributed by atoms with van der Waals surface area (Å²) in [7, 11) is 0. The lowest BCUT2D eigenvalue weighted by Crippen LogP contribution is -2.18. The third-order valence-corrected chi connectivity index (χ3v) is 2.07. The Morgan fingerprint density at radius 3 is 2.25 bits per heavy atom. The van der Waals surface area contributed by atoms with Crippen LogP contribution in [0, 0.1) is 0 Å². The Morgan fingerprint density at radius 2 is 1.85 bits per heavy atom. The van der Waals surface area contributed by atoms with Gasteiger partial charge in [0.05, 0.1) is 19.8 Å². The van der Waals surface area contributed by atoms with Crippen molar-refractivity contribution in [2.45, 2.75) is 32.8 Å². The van der Waals surface area contributed by atoms with Gasteiger partial charge in [-0.15, -0.1) is 0 Å². The summed E-state index contributed by atoms with van der Waals surface area (Å²) in [5.74, 6) is -0.562. The fraction of sp³-hybridized carbons (Fsp3) is 0.500. The van der Waals surface area contributed by atoms with Crippen LogP contribution >= 0.6 is 0 Å². The molecule has 0 bridgehead atoms. The minimum Gasteiger partial charge on any atom is -0.464 e. The predicted molar refractivity (Wildman–Crippen MR) is 72.6 cm³/mol. The molecule has 0 saturated carbocycles. The maximum Gasteiger partial charge on any atom is 0.334 e. The largest absolute Gasteiger partial charge is 0.464 e. The summed E-state index contributed by atoms with van der Waals surface area (Å²) >= 11 is 0. The summed E-state index contributed by atoms with van der Waals surface area (Å²) < 4.78 is 9.30. The number of aliphatic hydroxyl groups excluding tert-OH is 3. The van der Waals surface area contributed by atoms with Gasteiger partial charge >= 0.3 is 5.97 Å². The number of hydrogen-bond acceptors (Lipinski definition) is 6. The normalized spacial score (nSPS) is 12.8. The zero-order valence-corrected chi connectivity index (χ0v) is 11.7. The van der Waals surface area contributed by atoms with Gasteiger partial charge in [0.25, 0.3) is 0 Å². The van der Waals surface area contributed by atoms with Crippen LogP contribution in [-0.2, 0) is 20.9 Å². The van der Waals surface area contributed by atoms with Gasteiger partial charge in [-0.25, -0.2) is 4.79 Å². The van der Waals surface area contributed by atoms with Crippen LogP contribution < -0.4 is 0 Å². The highest BCUT2D eigenvalue weighted by molar-refractivity contribution is 5.73. The van der Waals surface area contributed by atoms with Crippen molar-refractivity contribution in [3.8, 4) is 0 Å². The third kappa shape index (κ3) is 9.46. The van der Waals surface area contributed by atoms with Crippen LogP contribution in [0.3, 0.4) is 0 Å². The van der Waals surface area contributed by atoms with Crippen molar-refractivity contribution in [2.24, 2.45) is 0 Å². The van der Waals surface area contributed by atoms with E-state index in [0.29, 0.717) is 13.2 Å². The average molecular weight is 286 g/mol. The zero-order valence-electron chi connectivity index (χ0n) is 11.7. The molecule has 114 valence electrons. The molecule has 0 spiro atoms. The van der Waals surface area contributed by atoms with Crippen molar-refractivity contribution >= 4 is 5.97 Å². The minimum absolute atomic E-state index is 0.322. The maximum absolute atomic E-state index is 10.3. The lowest BCUT2D eigenvalue weighted by atomic mass is 10.2. The molecular formula is C14H22O6. The molecule has 0 amide bonds. The molecule has 0 fully saturated rings. The van der Waals surface area contributed by atoms with E-state index in [-0.39, 0.29) is 6.61 Å². The smallest absolute Gasteiger partial charge is 0.334 e. The van der Waals surface area contributed by atoms with Gasteiger partial charge in [-0.05, 0) is 19.4 Å². The Labute approximate surface area is 118 Å². The SMILES string of the molecule is CCOC(=O)C(C)O.OCC(O)OCc1ccccc1. The summed E-state index contributed by atoms with van der Waals surface area (Å²) in [6.45, 7) is 3.34. The fourth-order valence-electron chi connectivity index (χ4n) is 1.08. The lowest BCUT2D eigenvalue weighted by Gasteiger charge is -2.08. The summed E-state index contributed by atoms with van der Waals surface area (Å²) in [6, 6.07) is 9.48. The van der Waals surface area contributed by atoms with E-state index in [1.807, 2.05) is 30.3 Å². The predicted octanol–water partition coefficient (Wildman–Crippen LogP) is 0.444. The van der Waals surface area contributed by atoms with Crippen molar-refractivity contribution in [3.63, 3.8) is 0 Å². The van der Waals surface area contributed by atoms with Crippen molar-refractivity contribution in [1.82, 2.24) is 0 Å².